The highest BCUT2D eigenvalue weighted by atomic mass is 16.5. The average molecular weight is 206 g/mol. The molecule has 1 aromatic carbocycles. The van der Waals surface area contributed by atoms with Gasteiger partial charge in [0, 0.05) is 29.5 Å². The van der Waals surface area contributed by atoms with Crippen LogP contribution in [0.3, 0.4) is 0 Å². The molecule has 2 rings (SSSR count). The van der Waals surface area contributed by atoms with Crippen molar-refractivity contribution in [1.82, 2.24) is 0 Å². The first-order chi connectivity index (χ1) is 7.19. The van der Waals surface area contributed by atoms with Crippen LogP contribution in [0.4, 0.5) is 11.4 Å². The maximum atomic E-state index is 5.78. The maximum Gasteiger partial charge on any atom is 0.122 e. The minimum absolute atomic E-state index is 0.525. The molecule has 0 bridgehead atoms. The number of hydrogen-bond donors (Lipinski definition) is 2. The SMILES string of the molecule is COc1cc(N)cc(NC(C)C2CC2)c1. The molecule has 1 aliphatic rings. The molecule has 0 radical (unpaired) electrons. The van der Waals surface area contributed by atoms with Crippen LogP contribution in [0.15, 0.2) is 18.2 Å². The van der Waals surface area contributed by atoms with Crippen molar-refractivity contribution in [2.24, 2.45) is 5.92 Å². The summed E-state index contributed by atoms with van der Waals surface area (Å²) in [4.78, 5) is 0. The molecule has 15 heavy (non-hydrogen) atoms. The lowest BCUT2D eigenvalue weighted by molar-refractivity contribution is 0.415. The Morgan fingerprint density at radius 3 is 2.73 bits per heavy atom. The minimum Gasteiger partial charge on any atom is -0.497 e. The molecule has 1 fully saturated rings. The van der Waals surface area contributed by atoms with Gasteiger partial charge in [0.2, 0.25) is 0 Å². The van der Waals surface area contributed by atoms with Gasteiger partial charge in [0.25, 0.3) is 0 Å². The van der Waals surface area contributed by atoms with Crippen molar-refractivity contribution in [1.29, 1.82) is 0 Å². The lowest BCUT2D eigenvalue weighted by Gasteiger charge is -2.15. The Hall–Kier alpha value is -1.38. The van der Waals surface area contributed by atoms with Crippen molar-refractivity contribution >= 4 is 11.4 Å². The second kappa shape index (κ2) is 4.01. The van der Waals surface area contributed by atoms with E-state index in [0.29, 0.717) is 6.04 Å². The number of hydrogen-bond acceptors (Lipinski definition) is 3. The fraction of sp³-hybridized carbons (Fsp3) is 0.500. The smallest absolute Gasteiger partial charge is 0.122 e. The van der Waals surface area contributed by atoms with Crippen LogP contribution in [0.1, 0.15) is 19.8 Å². The highest BCUT2D eigenvalue weighted by molar-refractivity contribution is 5.59. The third kappa shape index (κ3) is 2.55. The Labute approximate surface area is 90.6 Å². The molecule has 82 valence electrons. The molecule has 0 aliphatic heterocycles. The Bertz CT molecular complexity index is 347. The van der Waals surface area contributed by atoms with E-state index in [1.807, 2.05) is 18.2 Å². The van der Waals surface area contributed by atoms with Gasteiger partial charge in [-0.3, -0.25) is 0 Å². The molecule has 3 N–H and O–H groups in total. The molecule has 1 saturated carbocycles. The first-order valence-corrected chi connectivity index (χ1v) is 5.40. The van der Waals surface area contributed by atoms with E-state index in [2.05, 4.69) is 12.2 Å². The predicted octanol–water partition coefficient (Wildman–Crippen LogP) is 2.49. The first-order valence-electron chi connectivity index (χ1n) is 5.40. The fourth-order valence-corrected chi connectivity index (χ4v) is 1.80. The van der Waals surface area contributed by atoms with Crippen molar-refractivity contribution in [3.8, 4) is 5.75 Å². The van der Waals surface area contributed by atoms with Gasteiger partial charge >= 0.3 is 0 Å². The summed E-state index contributed by atoms with van der Waals surface area (Å²) in [7, 11) is 1.66. The summed E-state index contributed by atoms with van der Waals surface area (Å²) in [6.45, 7) is 2.22. The number of nitrogen functional groups attached to an aromatic ring is 1. The highest BCUT2D eigenvalue weighted by Crippen LogP contribution is 2.34. The lowest BCUT2D eigenvalue weighted by atomic mass is 10.2. The van der Waals surface area contributed by atoms with Gasteiger partial charge in [-0.25, -0.2) is 0 Å². The molecule has 0 aromatic heterocycles. The Morgan fingerprint density at radius 2 is 2.13 bits per heavy atom. The summed E-state index contributed by atoms with van der Waals surface area (Å²) in [5.41, 5.74) is 7.57. The molecule has 1 aliphatic carbocycles. The van der Waals surface area contributed by atoms with Crippen LogP contribution in [0.2, 0.25) is 0 Å². The molecule has 1 unspecified atom stereocenters. The van der Waals surface area contributed by atoms with E-state index < -0.39 is 0 Å². The van der Waals surface area contributed by atoms with Crippen molar-refractivity contribution in [2.75, 3.05) is 18.2 Å². The van der Waals surface area contributed by atoms with Crippen molar-refractivity contribution in [2.45, 2.75) is 25.8 Å². The standard InChI is InChI=1S/C12H18N2O/c1-8(9-3-4-9)14-11-5-10(13)6-12(7-11)15-2/h5-9,14H,3-4,13H2,1-2H3. The number of nitrogens with one attached hydrogen (secondary N) is 1. The molecular weight excluding hydrogens is 188 g/mol. The zero-order chi connectivity index (χ0) is 10.8. The van der Waals surface area contributed by atoms with Gasteiger partial charge in [-0.2, -0.15) is 0 Å². The zero-order valence-electron chi connectivity index (χ0n) is 9.29. The van der Waals surface area contributed by atoms with Crippen LogP contribution in [-0.4, -0.2) is 13.2 Å². The summed E-state index contributed by atoms with van der Waals surface area (Å²) < 4.78 is 5.17. The zero-order valence-corrected chi connectivity index (χ0v) is 9.29. The van der Waals surface area contributed by atoms with Crippen molar-refractivity contribution < 1.29 is 4.74 Å². The van der Waals surface area contributed by atoms with E-state index in [4.69, 9.17) is 10.5 Å². The molecule has 0 saturated heterocycles. The number of ether oxygens (including phenoxy) is 1. The molecule has 0 heterocycles. The van der Waals surface area contributed by atoms with Crippen LogP contribution in [0.5, 0.6) is 5.75 Å². The van der Waals surface area contributed by atoms with Crippen molar-refractivity contribution in [3.05, 3.63) is 18.2 Å². The lowest BCUT2D eigenvalue weighted by Crippen LogP contribution is -2.17. The van der Waals surface area contributed by atoms with Gasteiger partial charge in [0.15, 0.2) is 0 Å². The Morgan fingerprint density at radius 1 is 1.40 bits per heavy atom. The molecule has 3 nitrogen and oxygen atoms in total. The van der Waals surface area contributed by atoms with Gasteiger partial charge < -0.3 is 15.8 Å². The number of methoxy groups -OCH3 is 1. The number of nitrogens with two attached hydrogens (primary N) is 1. The van der Waals surface area contributed by atoms with Crippen LogP contribution >= 0.6 is 0 Å². The van der Waals surface area contributed by atoms with Crippen LogP contribution in [0.25, 0.3) is 0 Å². The third-order valence-electron chi connectivity index (χ3n) is 2.89. The van der Waals surface area contributed by atoms with Crippen LogP contribution in [-0.2, 0) is 0 Å². The van der Waals surface area contributed by atoms with E-state index in [-0.39, 0.29) is 0 Å². The number of benzene rings is 1. The molecule has 0 spiro atoms. The van der Waals surface area contributed by atoms with Crippen molar-refractivity contribution in [3.63, 3.8) is 0 Å². The second-order valence-electron chi connectivity index (χ2n) is 4.27. The minimum atomic E-state index is 0.525. The molecule has 1 aromatic rings. The average Bonchev–Trinajstić information content (AvgIpc) is 2.99. The third-order valence-corrected chi connectivity index (χ3v) is 2.89. The van der Waals surface area contributed by atoms with Gasteiger partial charge in [-0.05, 0) is 31.7 Å². The number of rotatable bonds is 4. The second-order valence-corrected chi connectivity index (χ2v) is 4.27. The summed E-state index contributed by atoms with van der Waals surface area (Å²) in [5.74, 6) is 1.64. The van der Waals surface area contributed by atoms with E-state index in [1.54, 1.807) is 7.11 Å². The summed E-state index contributed by atoms with van der Waals surface area (Å²) >= 11 is 0. The topological polar surface area (TPSA) is 47.3 Å². The largest absolute Gasteiger partial charge is 0.497 e. The number of anilines is 2. The van der Waals surface area contributed by atoms with Gasteiger partial charge in [-0.1, -0.05) is 0 Å². The predicted molar refractivity (Wildman–Crippen MR) is 63.2 cm³/mol. The molecule has 1 atom stereocenters. The maximum absolute atomic E-state index is 5.78. The van der Waals surface area contributed by atoms with E-state index in [0.717, 1.165) is 23.0 Å². The fourth-order valence-electron chi connectivity index (χ4n) is 1.80. The summed E-state index contributed by atoms with van der Waals surface area (Å²) in [6.07, 6.45) is 2.68. The quantitative estimate of drug-likeness (QED) is 0.744. The highest BCUT2D eigenvalue weighted by Gasteiger charge is 2.27. The Balaban J connectivity index is 2.08. The van der Waals surface area contributed by atoms with E-state index in [1.165, 1.54) is 12.8 Å². The molecule has 0 amide bonds. The molecular formula is C12H18N2O. The van der Waals surface area contributed by atoms with Gasteiger partial charge in [-0.15, -0.1) is 0 Å². The molecule has 3 heteroatoms. The van der Waals surface area contributed by atoms with Gasteiger partial charge in [0.1, 0.15) is 5.75 Å². The van der Waals surface area contributed by atoms with Crippen LogP contribution < -0.4 is 15.8 Å². The van der Waals surface area contributed by atoms with E-state index >= 15 is 0 Å². The van der Waals surface area contributed by atoms with E-state index in [9.17, 15) is 0 Å². The Kier molecular flexibility index (Phi) is 2.71. The summed E-state index contributed by atoms with van der Waals surface area (Å²) in [6, 6.07) is 6.28. The summed E-state index contributed by atoms with van der Waals surface area (Å²) in [5, 5.41) is 3.46. The van der Waals surface area contributed by atoms with Gasteiger partial charge in [0.05, 0.1) is 7.11 Å². The normalized spacial score (nSPS) is 17.2. The monoisotopic (exact) mass is 206 g/mol. The van der Waals surface area contributed by atoms with Crippen LogP contribution in [0, 0.1) is 5.92 Å². The first kappa shape index (κ1) is 10.1.